The molecule has 0 unspecified atom stereocenters. The standard InChI is InChI=1S/C24H24N2O4S/c27-22(13-20-7-4-12-31-20)25-19-10-8-18(9-11-19)24(29)21-15-30-16-23(28)26(21)14-17-5-2-1-3-6-17/h1-12,21,24,29H,13-16H2,(H,25,27)/t21-,24-/m1/s1. The normalized spacial score (nSPS) is 17.4. The van der Waals surface area contributed by atoms with Gasteiger partial charge in [-0.05, 0) is 34.7 Å². The summed E-state index contributed by atoms with van der Waals surface area (Å²) in [6.45, 7) is 0.700. The second-order valence-electron chi connectivity index (χ2n) is 7.46. The van der Waals surface area contributed by atoms with Crippen molar-refractivity contribution in [2.24, 2.45) is 0 Å². The maximum Gasteiger partial charge on any atom is 0.249 e. The largest absolute Gasteiger partial charge is 0.386 e. The molecular weight excluding hydrogens is 412 g/mol. The molecule has 3 aromatic rings. The molecule has 160 valence electrons. The summed E-state index contributed by atoms with van der Waals surface area (Å²) in [5, 5.41) is 15.8. The number of hydrogen-bond acceptors (Lipinski definition) is 5. The highest BCUT2D eigenvalue weighted by atomic mass is 32.1. The van der Waals surface area contributed by atoms with Crippen molar-refractivity contribution in [1.29, 1.82) is 0 Å². The molecule has 2 atom stereocenters. The van der Waals surface area contributed by atoms with E-state index in [2.05, 4.69) is 5.32 Å². The Morgan fingerprint density at radius 1 is 1.13 bits per heavy atom. The summed E-state index contributed by atoms with van der Waals surface area (Å²) >= 11 is 1.55. The van der Waals surface area contributed by atoms with Gasteiger partial charge in [0.2, 0.25) is 11.8 Å². The van der Waals surface area contributed by atoms with Gasteiger partial charge in [0, 0.05) is 17.1 Å². The number of thiophene rings is 1. The third-order valence-electron chi connectivity index (χ3n) is 5.25. The van der Waals surface area contributed by atoms with Crippen LogP contribution in [0.3, 0.4) is 0 Å². The lowest BCUT2D eigenvalue weighted by atomic mass is 9.99. The van der Waals surface area contributed by atoms with Crippen molar-refractivity contribution >= 4 is 28.8 Å². The van der Waals surface area contributed by atoms with E-state index in [-0.39, 0.29) is 25.0 Å². The molecule has 1 saturated heterocycles. The number of morpholine rings is 1. The second kappa shape index (κ2) is 9.87. The van der Waals surface area contributed by atoms with Crippen LogP contribution in [0.15, 0.2) is 72.1 Å². The minimum absolute atomic E-state index is 0.0191. The Bertz CT molecular complexity index is 1010. The monoisotopic (exact) mass is 436 g/mol. The summed E-state index contributed by atoms with van der Waals surface area (Å²) in [5.74, 6) is -0.229. The van der Waals surface area contributed by atoms with Crippen molar-refractivity contribution in [2.45, 2.75) is 25.1 Å². The fourth-order valence-corrected chi connectivity index (χ4v) is 4.34. The molecule has 0 radical (unpaired) electrons. The summed E-state index contributed by atoms with van der Waals surface area (Å²) < 4.78 is 5.42. The number of rotatable bonds is 7. The van der Waals surface area contributed by atoms with Crippen molar-refractivity contribution in [3.63, 3.8) is 0 Å². The lowest BCUT2D eigenvalue weighted by molar-refractivity contribution is -0.155. The molecule has 1 aromatic heterocycles. The first-order valence-electron chi connectivity index (χ1n) is 10.1. The summed E-state index contributed by atoms with van der Waals surface area (Å²) in [6, 6.07) is 20.1. The van der Waals surface area contributed by atoms with E-state index in [4.69, 9.17) is 4.74 Å². The van der Waals surface area contributed by atoms with Crippen LogP contribution in [0.25, 0.3) is 0 Å². The predicted molar refractivity (Wildman–Crippen MR) is 120 cm³/mol. The van der Waals surface area contributed by atoms with Crippen LogP contribution < -0.4 is 5.32 Å². The van der Waals surface area contributed by atoms with Gasteiger partial charge in [0.05, 0.1) is 19.1 Å². The van der Waals surface area contributed by atoms with Crippen LogP contribution >= 0.6 is 11.3 Å². The number of ether oxygens (including phenoxy) is 1. The molecule has 1 aliphatic heterocycles. The summed E-state index contributed by atoms with van der Waals surface area (Å²) in [5.41, 5.74) is 2.32. The van der Waals surface area contributed by atoms with Crippen molar-refractivity contribution < 1.29 is 19.4 Å². The van der Waals surface area contributed by atoms with Crippen LogP contribution in [0.1, 0.15) is 22.1 Å². The molecule has 1 fully saturated rings. The number of aliphatic hydroxyl groups is 1. The molecule has 6 nitrogen and oxygen atoms in total. The van der Waals surface area contributed by atoms with Crippen LogP contribution in [0.5, 0.6) is 0 Å². The van der Waals surface area contributed by atoms with Gasteiger partial charge in [0.15, 0.2) is 0 Å². The van der Waals surface area contributed by atoms with Crippen LogP contribution in [-0.2, 0) is 27.3 Å². The number of hydrogen-bond donors (Lipinski definition) is 2. The molecule has 0 bridgehead atoms. The van der Waals surface area contributed by atoms with Gasteiger partial charge >= 0.3 is 0 Å². The van der Waals surface area contributed by atoms with Gasteiger partial charge in [-0.1, -0.05) is 48.5 Å². The molecular formula is C24H24N2O4S. The number of nitrogens with one attached hydrogen (secondary N) is 1. The molecule has 2 heterocycles. The van der Waals surface area contributed by atoms with Crippen LogP contribution in [0.4, 0.5) is 5.69 Å². The minimum atomic E-state index is -0.899. The molecule has 1 aliphatic rings. The highest BCUT2D eigenvalue weighted by molar-refractivity contribution is 7.10. The zero-order chi connectivity index (χ0) is 21.6. The van der Waals surface area contributed by atoms with E-state index in [0.29, 0.717) is 24.2 Å². The minimum Gasteiger partial charge on any atom is -0.386 e. The Kier molecular flexibility index (Phi) is 6.76. The first kappa shape index (κ1) is 21.2. The van der Waals surface area contributed by atoms with Gasteiger partial charge in [0.25, 0.3) is 0 Å². The molecule has 0 saturated carbocycles. The first-order valence-corrected chi connectivity index (χ1v) is 11.0. The van der Waals surface area contributed by atoms with E-state index in [9.17, 15) is 14.7 Å². The van der Waals surface area contributed by atoms with Gasteiger partial charge in [0.1, 0.15) is 12.7 Å². The van der Waals surface area contributed by atoms with Gasteiger partial charge in [-0.25, -0.2) is 0 Å². The maximum absolute atomic E-state index is 12.5. The number of amides is 2. The van der Waals surface area contributed by atoms with E-state index in [1.54, 1.807) is 40.5 Å². The Morgan fingerprint density at radius 3 is 2.61 bits per heavy atom. The maximum atomic E-state index is 12.5. The number of nitrogens with zero attached hydrogens (tertiary/aromatic N) is 1. The van der Waals surface area contributed by atoms with Crippen molar-refractivity contribution in [2.75, 3.05) is 18.5 Å². The zero-order valence-corrected chi connectivity index (χ0v) is 17.8. The van der Waals surface area contributed by atoms with Crippen LogP contribution in [0, 0.1) is 0 Å². The molecule has 31 heavy (non-hydrogen) atoms. The van der Waals surface area contributed by atoms with Crippen LogP contribution in [-0.4, -0.2) is 41.1 Å². The number of aliphatic hydroxyl groups excluding tert-OH is 1. The summed E-state index contributed by atoms with van der Waals surface area (Å²) in [7, 11) is 0. The average molecular weight is 437 g/mol. The molecule has 2 N–H and O–H groups in total. The zero-order valence-electron chi connectivity index (χ0n) is 16.9. The topological polar surface area (TPSA) is 78.9 Å². The quantitative estimate of drug-likeness (QED) is 0.595. The lowest BCUT2D eigenvalue weighted by Gasteiger charge is -2.38. The third kappa shape index (κ3) is 5.38. The summed E-state index contributed by atoms with van der Waals surface area (Å²) in [4.78, 5) is 27.4. The molecule has 0 spiro atoms. The highest BCUT2D eigenvalue weighted by Crippen LogP contribution is 2.27. The average Bonchev–Trinajstić information content (AvgIpc) is 3.29. The van der Waals surface area contributed by atoms with Gasteiger partial charge in [-0.15, -0.1) is 11.3 Å². The number of benzene rings is 2. The number of anilines is 1. The highest BCUT2D eigenvalue weighted by Gasteiger charge is 2.34. The number of carbonyl (C=O) groups excluding carboxylic acids is 2. The van der Waals surface area contributed by atoms with Crippen molar-refractivity contribution in [1.82, 2.24) is 4.90 Å². The van der Waals surface area contributed by atoms with E-state index >= 15 is 0 Å². The molecule has 2 aromatic carbocycles. The molecule has 7 heteroatoms. The smallest absolute Gasteiger partial charge is 0.249 e. The predicted octanol–water partition coefficient (Wildman–Crippen LogP) is 3.39. The SMILES string of the molecule is O=C(Cc1cccs1)Nc1ccc([C@@H](O)[C@H]2COCC(=O)N2Cc2ccccc2)cc1. The van der Waals surface area contributed by atoms with Crippen LogP contribution in [0.2, 0.25) is 0 Å². The third-order valence-corrected chi connectivity index (χ3v) is 6.12. The van der Waals surface area contributed by atoms with E-state index in [0.717, 1.165) is 10.4 Å². The lowest BCUT2D eigenvalue weighted by Crippen LogP contribution is -2.51. The molecule has 2 amide bonds. The first-order chi connectivity index (χ1) is 15.1. The molecule has 4 rings (SSSR count). The second-order valence-corrected chi connectivity index (χ2v) is 8.49. The van der Waals surface area contributed by atoms with Crippen molar-refractivity contribution in [3.8, 4) is 0 Å². The van der Waals surface area contributed by atoms with E-state index < -0.39 is 12.1 Å². The van der Waals surface area contributed by atoms with Gasteiger partial charge < -0.3 is 20.1 Å². The fourth-order valence-electron chi connectivity index (χ4n) is 3.63. The van der Waals surface area contributed by atoms with Crippen molar-refractivity contribution in [3.05, 3.63) is 88.1 Å². The Hall–Kier alpha value is -3.00. The van der Waals surface area contributed by atoms with E-state index in [1.165, 1.54) is 0 Å². The van der Waals surface area contributed by atoms with Gasteiger partial charge in [-0.3, -0.25) is 9.59 Å². The van der Waals surface area contributed by atoms with E-state index in [1.807, 2.05) is 47.8 Å². The fraction of sp³-hybridized carbons (Fsp3) is 0.250. The Labute approximate surface area is 185 Å². The summed E-state index contributed by atoms with van der Waals surface area (Å²) in [6.07, 6.45) is -0.568. The Balaban J connectivity index is 1.42. The molecule has 0 aliphatic carbocycles. The Morgan fingerprint density at radius 2 is 1.90 bits per heavy atom. The van der Waals surface area contributed by atoms with Gasteiger partial charge in [-0.2, -0.15) is 0 Å². The number of carbonyl (C=O) groups is 2.